The highest BCUT2D eigenvalue weighted by Gasteiger charge is 2.39. The number of anilines is 3. The van der Waals surface area contributed by atoms with Crippen molar-refractivity contribution in [3.8, 4) is 0 Å². The highest BCUT2D eigenvalue weighted by atomic mass is 16.3. The van der Waals surface area contributed by atoms with Crippen molar-refractivity contribution in [2.75, 3.05) is 68.8 Å². The zero-order chi connectivity index (χ0) is 69.4. The summed E-state index contributed by atoms with van der Waals surface area (Å²) in [4.78, 5) is 61.6. The first kappa shape index (κ1) is 72.4. The van der Waals surface area contributed by atoms with E-state index in [1.165, 1.54) is 67.0 Å². The zero-order valence-electron chi connectivity index (χ0n) is 61.7. The van der Waals surface area contributed by atoms with Gasteiger partial charge in [0, 0.05) is 128 Å². The molecule has 6 aliphatic carbocycles. The van der Waals surface area contributed by atoms with Crippen LogP contribution in [0.15, 0.2) is 37.2 Å². The number of hydrogen-bond acceptors (Lipinski definition) is 15. The van der Waals surface area contributed by atoms with Gasteiger partial charge in [-0.3, -0.25) is 9.59 Å². The van der Waals surface area contributed by atoms with Crippen molar-refractivity contribution in [1.29, 1.82) is 0 Å². The second-order valence-corrected chi connectivity index (χ2v) is 32.7. The molecule has 3 aliphatic heterocycles. The molecule has 6 aromatic rings. The average Bonchev–Trinajstić information content (AvgIpc) is 1.63. The lowest BCUT2D eigenvalue weighted by Crippen LogP contribution is -2.44. The number of carbonyl (C=O) groups is 2. The smallest absolute Gasteiger partial charge is 0.225 e. The number of piperidine rings is 3. The maximum Gasteiger partial charge on any atom is 0.225 e. The Morgan fingerprint density at radius 2 is 0.840 bits per heavy atom. The van der Waals surface area contributed by atoms with Crippen LogP contribution in [0.2, 0.25) is 0 Å². The third kappa shape index (κ3) is 17.1. The Balaban J connectivity index is 0.000000135. The number of nitrogens with one attached hydrogen (secondary N) is 3. The van der Waals surface area contributed by atoms with E-state index in [-0.39, 0.29) is 30.1 Å². The third-order valence-electron chi connectivity index (χ3n) is 25.3. The van der Waals surface area contributed by atoms with Crippen LogP contribution in [0.25, 0.3) is 33.1 Å². The van der Waals surface area contributed by atoms with Crippen LogP contribution in [0, 0.1) is 23.7 Å². The lowest BCUT2D eigenvalue weighted by atomic mass is 9.78. The number of aromatic nitrogens is 9. The molecule has 0 radical (unpaired) electrons. The monoisotopic (exact) mass is 1370 g/mol. The maximum atomic E-state index is 13.2. The minimum Gasteiger partial charge on any atom is -0.393 e. The van der Waals surface area contributed by atoms with Crippen molar-refractivity contribution in [1.82, 2.24) is 58.3 Å². The summed E-state index contributed by atoms with van der Waals surface area (Å²) in [6, 6.07) is 1.86. The quantitative estimate of drug-likeness (QED) is 0.0390. The van der Waals surface area contributed by atoms with E-state index in [1.807, 2.05) is 12.4 Å². The minimum absolute atomic E-state index is 0.123. The number of unbranched alkanes of at least 4 members (excludes halogenated alkanes) is 1. The molecule has 15 rings (SSSR count). The van der Waals surface area contributed by atoms with Gasteiger partial charge in [0.1, 0.15) is 16.9 Å². The molecule has 6 saturated carbocycles. The molecular formula is C80H123N15O5. The largest absolute Gasteiger partial charge is 0.393 e. The molecule has 100 heavy (non-hydrogen) atoms. The van der Waals surface area contributed by atoms with Crippen LogP contribution in [0.1, 0.15) is 293 Å². The average molecular weight is 1370 g/mol. The standard InChI is InChI=1S/C29H46N6O2.C27H41N5O2.C24H36N4O/c1-4-5-20(2)31-29-30-18-25-26(19-35(27(25)32-29)23-6-8-24(36)9-7-23)21-12-16-34(17-13-21)28(37)22-10-14-33(3)15-11-22;1-3-5-18(2)29-27-28-16-23-24(17-32(25(23)30-27)21-8-10-22(33)11-9-21)19-12-14-31(15-13-19)26(34)20-6-4-7-20;1-2-3-10-25-24-26-14-21-22(18-12-16-4-5-17(11-16)13-18)15-28(23(21)27-24)19-6-8-20(29)9-7-19/h18-24,36H,4-17H2,1-3H3,(H,30,31,32);16-22,33H,3-15H2,1-2H3,(H,28,29,30);14-20,29H,2-13H2,1H3,(H,25,26,27)/t20-,23?,24?;18-,21?,22?;/m00./s1. The molecule has 6 aromatic heterocycles. The van der Waals surface area contributed by atoms with Gasteiger partial charge < -0.3 is 59.7 Å². The van der Waals surface area contributed by atoms with Crippen molar-refractivity contribution in [3.05, 3.63) is 53.9 Å². The van der Waals surface area contributed by atoms with Crippen LogP contribution >= 0.6 is 0 Å². The normalized spacial score (nSPS) is 27.3. The summed E-state index contributed by atoms with van der Waals surface area (Å²) < 4.78 is 7.20. The third-order valence-corrected chi connectivity index (χ3v) is 25.3. The molecule has 2 bridgehead atoms. The predicted molar refractivity (Wildman–Crippen MR) is 400 cm³/mol. The number of nitrogens with zero attached hydrogens (tertiary/aromatic N) is 12. The Morgan fingerprint density at radius 3 is 1.22 bits per heavy atom. The molecule has 0 aromatic carbocycles. The number of likely N-dealkylation sites (tertiary alicyclic amines) is 3. The second kappa shape index (κ2) is 33.7. The fourth-order valence-electron chi connectivity index (χ4n) is 19.0. The Labute approximate surface area is 595 Å². The molecule has 548 valence electrons. The van der Waals surface area contributed by atoms with E-state index in [4.69, 9.17) is 24.9 Å². The Hall–Kier alpha value is -5.96. The minimum atomic E-state index is -0.175. The van der Waals surface area contributed by atoms with Gasteiger partial charge in [-0.25, -0.2) is 15.0 Å². The number of carbonyl (C=O) groups excluding carboxylic acids is 2. The number of fused-ring (bicyclic) bond motifs is 5. The van der Waals surface area contributed by atoms with Gasteiger partial charge in [-0.05, 0) is 247 Å². The number of aliphatic hydroxyl groups is 3. The fraction of sp³-hybridized carbons (Fsp3) is 0.750. The van der Waals surface area contributed by atoms with Gasteiger partial charge in [0.15, 0.2) is 0 Å². The van der Waals surface area contributed by atoms with Crippen LogP contribution < -0.4 is 16.0 Å². The molecule has 2 unspecified atom stereocenters. The molecule has 0 spiro atoms. The van der Waals surface area contributed by atoms with Crippen LogP contribution in [0.4, 0.5) is 17.8 Å². The predicted octanol–water partition coefficient (Wildman–Crippen LogP) is 15.0. The maximum absolute atomic E-state index is 13.2. The van der Waals surface area contributed by atoms with Crippen molar-refractivity contribution >= 4 is 62.8 Å². The lowest BCUT2D eigenvalue weighted by molar-refractivity contribution is -0.139. The van der Waals surface area contributed by atoms with Crippen LogP contribution in [-0.2, 0) is 9.59 Å². The van der Waals surface area contributed by atoms with Gasteiger partial charge in [-0.1, -0.05) is 59.3 Å². The van der Waals surface area contributed by atoms with E-state index in [0.717, 1.165) is 252 Å². The SMILES string of the molecule is CCCCNc1ncc2c(C3CC4CCC(C4)C3)cn(C3CCC(O)CC3)c2n1.CCC[C@H](C)Nc1ncc2c(C3CCN(C(=O)C4CCC4)CC3)cn(C3CCC(O)CC3)c2n1.CCC[C@H](C)Nc1ncc2c(C3CCN(C(=O)C4CCN(C)CC4)CC3)cn(C3CCC(O)CC3)c2n1. The van der Waals surface area contributed by atoms with Gasteiger partial charge in [0.05, 0.1) is 18.3 Å². The number of rotatable bonds is 20. The van der Waals surface area contributed by atoms with E-state index in [1.54, 1.807) is 0 Å². The fourth-order valence-corrected chi connectivity index (χ4v) is 19.0. The Morgan fingerprint density at radius 1 is 0.460 bits per heavy atom. The molecule has 6 N–H and O–H groups in total. The first-order chi connectivity index (χ1) is 48.7. The number of aliphatic hydroxyl groups excluding tert-OH is 3. The molecule has 20 heteroatoms. The molecule has 3 saturated heterocycles. The summed E-state index contributed by atoms with van der Waals surface area (Å²) in [5.74, 6) is 6.78. The van der Waals surface area contributed by atoms with E-state index < -0.39 is 0 Å². The molecule has 9 fully saturated rings. The Bertz CT molecular complexity index is 3600. The molecule has 2 amide bonds. The van der Waals surface area contributed by atoms with Crippen molar-refractivity contribution in [2.24, 2.45) is 23.7 Å². The van der Waals surface area contributed by atoms with E-state index in [2.05, 4.69) is 116 Å². The van der Waals surface area contributed by atoms with Crippen LogP contribution in [0.5, 0.6) is 0 Å². The van der Waals surface area contributed by atoms with Crippen LogP contribution in [0.3, 0.4) is 0 Å². The summed E-state index contributed by atoms with van der Waals surface area (Å²) in [6.45, 7) is 17.3. The van der Waals surface area contributed by atoms with Gasteiger partial charge in [-0.15, -0.1) is 0 Å². The second-order valence-electron chi connectivity index (χ2n) is 32.7. The van der Waals surface area contributed by atoms with E-state index in [9.17, 15) is 24.9 Å². The first-order valence-corrected chi connectivity index (χ1v) is 40.4. The Kier molecular flexibility index (Phi) is 24.4. The summed E-state index contributed by atoms with van der Waals surface area (Å²) in [6.07, 6.45) is 47.0. The summed E-state index contributed by atoms with van der Waals surface area (Å²) in [7, 11) is 2.15. The van der Waals surface area contributed by atoms with Gasteiger partial charge in [-0.2, -0.15) is 15.0 Å². The lowest BCUT2D eigenvalue weighted by Gasteiger charge is -2.36. The van der Waals surface area contributed by atoms with E-state index >= 15 is 0 Å². The topological polar surface area (TPSA) is 233 Å². The van der Waals surface area contributed by atoms with Gasteiger partial charge >= 0.3 is 0 Å². The molecule has 20 nitrogen and oxygen atoms in total. The number of hydrogen-bond donors (Lipinski definition) is 6. The van der Waals surface area contributed by atoms with Crippen molar-refractivity contribution < 1.29 is 24.9 Å². The van der Waals surface area contributed by atoms with E-state index in [0.29, 0.717) is 71.7 Å². The van der Waals surface area contributed by atoms with Gasteiger partial charge in [0.2, 0.25) is 29.7 Å². The molecular weight excluding hydrogens is 1250 g/mol. The highest BCUT2D eigenvalue weighted by Crippen LogP contribution is 2.51. The summed E-state index contributed by atoms with van der Waals surface area (Å²) >= 11 is 0. The van der Waals surface area contributed by atoms with Gasteiger partial charge in [0.25, 0.3) is 0 Å². The molecule has 4 atom stereocenters. The van der Waals surface area contributed by atoms with Crippen molar-refractivity contribution in [2.45, 2.75) is 306 Å². The summed E-state index contributed by atoms with van der Waals surface area (Å²) in [5, 5.41) is 44.1. The summed E-state index contributed by atoms with van der Waals surface area (Å²) in [5.41, 5.74) is 7.30. The van der Waals surface area contributed by atoms with Crippen molar-refractivity contribution in [3.63, 3.8) is 0 Å². The molecule has 9 heterocycles. The number of amides is 2. The highest BCUT2D eigenvalue weighted by molar-refractivity contribution is 5.84. The first-order valence-electron chi connectivity index (χ1n) is 40.4. The van der Waals surface area contributed by atoms with Crippen LogP contribution in [-0.4, -0.2) is 169 Å². The molecule has 9 aliphatic rings. The zero-order valence-corrected chi connectivity index (χ0v) is 61.7.